The molecule has 0 saturated heterocycles. The number of ether oxygens (including phenoxy) is 3. The topological polar surface area (TPSA) is 143 Å². The number of H-pyrrole nitrogens is 1. The predicted molar refractivity (Wildman–Crippen MR) is 159 cm³/mol. The Morgan fingerprint density at radius 3 is 2.57 bits per heavy atom. The number of aliphatic hydroxyl groups excluding tert-OH is 1. The molecule has 1 aromatic heterocycles. The first kappa shape index (κ1) is 31.1. The molecular weight excluding hydrogens is 591 g/mol. The van der Waals surface area contributed by atoms with Crippen LogP contribution in [-0.4, -0.2) is 73.4 Å². The second-order valence-electron chi connectivity index (χ2n) is 10.0. The van der Waals surface area contributed by atoms with Crippen LogP contribution < -0.4 is 10.1 Å². The quantitative estimate of drug-likeness (QED) is 0.205. The number of benzene rings is 3. The molecule has 2 atom stereocenters. The third kappa shape index (κ3) is 7.42. The number of halogens is 1. The van der Waals surface area contributed by atoms with Crippen LogP contribution in [0.3, 0.4) is 0 Å². The summed E-state index contributed by atoms with van der Waals surface area (Å²) in [5.74, 6) is -0.113. The van der Waals surface area contributed by atoms with E-state index in [1.54, 1.807) is 30.3 Å². The molecule has 0 radical (unpaired) electrons. The molecule has 3 aromatic carbocycles. The normalized spacial score (nSPS) is 16.9. The van der Waals surface area contributed by atoms with Gasteiger partial charge in [0, 0.05) is 25.4 Å². The third-order valence-corrected chi connectivity index (χ3v) is 9.04. The van der Waals surface area contributed by atoms with Crippen LogP contribution in [0.1, 0.15) is 23.7 Å². The number of carbonyl (C=O) groups is 1. The maximum atomic E-state index is 13.6. The number of carbonyl (C=O) groups excluding carboxylic acids is 1. The van der Waals surface area contributed by atoms with Crippen molar-refractivity contribution in [3.63, 3.8) is 0 Å². The summed E-state index contributed by atoms with van der Waals surface area (Å²) in [6.07, 6.45) is 1.06. The molecule has 44 heavy (non-hydrogen) atoms. The van der Waals surface area contributed by atoms with Crippen LogP contribution in [0.25, 0.3) is 11.0 Å². The first-order valence-corrected chi connectivity index (χ1v) is 15.4. The standard InChI is InChI=1S/C31H33FN4O7S/c1-41-24-10-12-25(13-11-24)44(39,40)36(14-16-37)15-17-42-30-19-22(21-6-8-23(32)9-7-21)18-28(43-30)31(38)33-20-29-34-26-4-2-3-5-27(26)35-29/h2-13,18,22,30,37H,14-17,19-20H2,1H3,(H,33,38)(H,34,35)/t22-,30+/m0/s1. The number of para-hydroxylation sites is 2. The highest BCUT2D eigenvalue weighted by molar-refractivity contribution is 7.89. The summed E-state index contributed by atoms with van der Waals surface area (Å²) in [5.41, 5.74) is 2.38. The van der Waals surface area contributed by atoms with Gasteiger partial charge in [-0.05, 0) is 60.2 Å². The van der Waals surface area contributed by atoms with E-state index in [0.717, 1.165) is 20.9 Å². The number of allylic oxidation sites excluding steroid dienone is 1. The summed E-state index contributed by atoms with van der Waals surface area (Å²) in [5, 5.41) is 12.4. The van der Waals surface area contributed by atoms with Crippen LogP contribution in [0.2, 0.25) is 0 Å². The number of rotatable bonds is 13. The lowest BCUT2D eigenvalue weighted by atomic mass is 9.93. The summed E-state index contributed by atoms with van der Waals surface area (Å²) >= 11 is 0. The number of aliphatic hydroxyl groups is 1. The molecule has 1 amide bonds. The van der Waals surface area contributed by atoms with E-state index < -0.39 is 22.2 Å². The Labute approximate surface area is 254 Å². The second kappa shape index (κ2) is 14.0. The first-order valence-electron chi connectivity index (χ1n) is 14.0. The van der Waals surface area contributed by atoms with Crippen molar-refractivity contribution in [1.29, 1.82) is 0 Å². The van der Waals surface area contributed by atoms with Crippen molar-refractivity contribution < 1.29 is 36.9 Å². The number of fused-ring (bicyclic) bond motifs is 1. The number of nitrogens with zero attached hydrogens (tertiary/aromatic N) is 2. The monoisotopic (exact) mass is 624 g/mol. The number of sulfonamides is 1. The van der Waals surface area contributed by atoms with E-state index in [-0.39, 0.29) is 55.2 Å². The zero-order valence-corrected chi connectivity index (χ0v) is 24.8. The van der Waals surface area contributed by atoms with Gasteiger partial charge in [-0.15, -0.1) is 0 Å². The molecule has 232 valence electrons. The van der Waals surface area contributed by atoms with Crippen LogP contribution in [0.5, 0.6) is 5.75 Å². The van der Waals surface area contributed by atoms with Gasteiger partial charge in [-0.3, -0.25) is 4.79 Å². The summed E-state index contributed by atoms with van der Waals surface area (Å²) in [7, 11) is -2.46. The highest BCUT2D eigenvalue weighted by Gasteiger charge is 2.30. The van der Waals surface area contributed by atoms with Crippen LogP contribution in [0.15, 0.2) is 89.5 Å². The average Bonchev–Trinajstić information content (AvgIpc) is 3.46. The molecule has 1 aliphatic rings. The zero-order chi connectivity index (χ0) is 31.1. The molecular formula is C31H33FN4O7S. The van der Waals surface area contributed by atoms with Gasteiger partial charge in [-0.2, -0.15) is 4.31 Å². The number of hydrogen-bond acceptors (Lipinski definition) is 8. The van der Waals surface area contributed by atoms with Crippen molar-refractivity contribution >= 4 is 27.0 Å². The minimum absolute atomic E-state index is 0.0183. The average molecular weight is 625 g/mol. The van der Waals surface area contributed by atoms with Crippen LogP contribution in [0.4, 0.5) is 4.39 Å². The van der Waals surface area contributed by atoms with Crippen molar-refractivity contribution in [3.05, 3.63) is 102 Å². The molecule has 0 saturated carbocycles. The van der Waals surface area contributed by atoms with Crippen LogP contribution in [-0.2, 0) is 30.8 Å². The summed E-state index contributed by atoms with van der Waals surface area (Å²) in [6, 6.07) is 19.4. The van der Waals surface area contributed by atoms with Gasteiger partial charge in [0.05, 0.1) is 42.8 Å². The number of aromatic amines is 1. The fourth-order valence-corrected chi connectivity index (χ4v) is 6.26. The SMILES string of the molecule is COc1ccc(S(=O)(=O)N(CCO)CCO[C@H]2C[C@@H](c3ccc(F)cc3)C=C(C(=O)NCc3nc4ccccc4[nH]3)O2)cc1. The molecule has 0 spiro atoms. The summed E-state index contributed by atoms with van der Waals surface area (Å²) in [6.45, 7) is -0.561. The van der Waals surface area contributed by atoms with E-state index in [0.29, 0.717) is 18.0 Å². The second-order valence-corrected chi connectivity index (χ2v) is 12.0. The number of aromatic nitrogens is 2. The van der Waals surface area contributed by atoms with Gasteiger partial charge >= 0.3 is 0 Å². The van der Waals surface area contributed by atoms with E-state index >= 15 is 0 Å². The Morgan fingerprint density at radius 1 is 1.11 bits per heavy atom. The molecule has 3 N–H and O–H groups in total. The smallest absolute Gasteiger partial charge is 0.286 e. The van der Waals surface area contributed by atoms with Crippen molar-refractivity contribution in [1.82, 2.24) is 19.6 Å². The minimum Gasteiger partial charge on any atom is -0.497 e. The lowest BCUT2D eigenvalue weighted by molar-refractivity contribution is -0.146. The van der Waals surface area contributed by atoms with E-state index in [1.165, 1.54) is 31.4 Å². The van der Waals surface area contributed by atoms with Crippen LogP contribution >= 0.6 is 0 Å². The van der Waals surface area contributed by atoms with Crippen molar-refractivity contribution in [3.8, 4) is 5.75 Å². The summed E-state index contributed by atoms with van der Waals surface area (Å²) in [4.78, 5) is 20.8. The van der Waals surface area contributed by atoms with Gasteiger partial charge in [0.25, 0.3) is 5.91 Å². The number of methoxy groups -OCH3 is 1. The number of amides is 1. The molecule has 11 nitrogen and oxygen atoms in total. The van der Waals surface area contributed by atoms with Gasteiger partial charge < -0.3 is 29.6 Å². The molecule has 0 unspecified atom stereocenters. The molecule has 0 fully saturated rings. The van der Waals surface area contributed by atoms with E-state index in [1.807, 2.05) is 24.3 Å². The lowest BCUT2D eigenvalue weighted by Crippen LogP contribution is -2.38. The molecule has 13 heteroatoms. The van der Waals surface area contributed by atoms with Crippen molar-refractivity contribution in [2.45, 2.75) is 30.1 Å². The first-order chi connectivity index (χ1) is 21.3. The molecule has 0 aliphatic carbocycles. The van der Waals surface area contributed by atoms with Crippen molar-refractivity contribution in [2.75, 3.05) is 33.4 Å². The third-order valence-electron chi connectivity index (χ3n) is 7.13. The van der Waals surface area contributed by atoms with Gasteiger partial charge in [0.1, 0.15) is 17.4 Å². The van der Waals surface area contributed by atoms with Crippen molar-refractivity contribution in [2.24, 2.45) is 0 Å². The van der Waals surface area contributed by atoms with E-state index in [9.17, 15) is 22.7 Å². The fourth-order valence-electron chi connectivity index (χ4n) is 4.85. The minimum atomic E-state index is -3.94. The Hall–Kier alpha value is -4.30. The maximum absolute atomic E-state index is 13.6. The lowest BCUT2D eigenvalue weighted by Gasteiger charge is -2.30. The Balaban J connectivity index is 1.26. The van der Waals surface area contributed by atoms with Gasteiger partial charge in [-0.1, -0.05) is 24.3 Å². The van der Waals surface area contributed by atoms with Crippen LogP contribution in [0, 0.1) is 5.82 Å². The molecule has 4 aromatic rings. The Kier molecular flexibility index (Phi) is 9.90. The number of nitrogens with one attached hydrogen (secondary N) is 2. The van der Waals surface area contributed by atoms with E-state index in [4.69, 9.17) is 14.2 Å². The molecule has 2 heterocycles. The molecule has 5 rings (SSSR count). The zero-order valence-electron chi connectivity index (χ0n) is 24.0. The highest BCUT2D eigenvalue weighted by atomic mass is 32.2. The van der Waals surface area contributed by atoms with Gasteiger partial charge in [0.15, 0.2) is 5.76 Å². The largest absolute Gasteiger partial charge is 0.497 e. The Morgan fingerprint density at radius 2 is 1.86 bits per heavy atom. The maximum Gasteiger partial charge on any atom is 0.286 e. The molecule has 0 bridgehead atoms. The highest BCUT2D eigenvalue weighted by Crippen LogP contribution is 2.32. The van der Waals surface area contributed by atoms with Gasteiger partial charge in [0.2, 0.25) is 16.3 Å². The number of hydrogen-bond donors (Lipinski definition) is 3. The Bertz CT molecular complexity index is 1680. The predicted octanol–water partition coefficient (Wildman–Crippen LogP) is 3.44. The summed E-state index contributed by atoms with van der Waals surface area (Å²) < 4.78 is 58.2. The number of imidazole rings is 1. The fraction of sp³-hybridized carbons (Fsp3) is 0.290. The molecule has 1 aliphatic heterocycles. The van der Waals surface area contributed by atoms with Gasteiger partial charge in [-0.25, -0.2) is 17.8 Å². The van der Waals surface area contributed by atoms with E-state index in [2.05, 4.69) is 15.3 Å².